The van der Waals surface area contributed by atoms with Gasteiger partial charge in [0.2, 0.25) is 11.8 Å². The van der Waals surface area contributed by atoms with Crippen LogP contribution in [0.3, 0.4) is 0 Å². The van der Waals surface area contributed by atoms with Crippen molar-refractivity contribution in [3.05, 3.63) is 65.7 Å². The van der Waals surface area contributed by atoms with E-state index >= 15 is 0 Å². The maximum atomic E-state index is 12.8. The van der Waals surface area contributed by atoms with Gasteiger partial charge < -0.3 is 10.2 Å². The number of nitrogens with zero attached hydrogens (tertiary/aromatic N) is 4. The molecule has 0 aliphatic carbocycles. The Balaban J connectivity index is 1.11. The Hall–Kier alpha value is -3.07. The highest BCUT2D eigenvalue weighted by Gasteiger charge is 2.25. The van der Waals surface area contributed by atoms with Crippen molar-refractivity contribution in [1.29, 1.82) is 0 Å². The number of para-hydroxylation sites is 2. The summed E-state index contributed by atoms with van der Waals surface area (Å²) in [4.78, 5) is 36.1. The number of anilines is 2. The van der Waals surface area contributed by atoms with Crippen LogP contribution in [0.2, 0.25) is 0 Å². The van der Waals surface area contributed by atoms with Crippen molar-refractivity contribution in [2.24, 2.45) is 0 Å². The molecular weight excluding hydrogens is 446 g/mol. The minimum Gasteiger partial charge on any atom is -0.323 e. The van der Waals surface area contributed by atoms with Crippen molar-refractivity contribution in [3.63, 3.8) is 0 Å². The number of thiazole rings is 1. The number of nitrogens with one attached hydrogen (secondary N) is 1. The summed E-state index contributed by atoms with van der Waals surface area (Å²) in [6.07, 6.45) is 1.43. The van der Waals surface area contributed by atoms with Gasteiger partial charge in [0.25, 0.3) is 0 Å². The Morgan fingerprint density at radius 2 is 1.68 bits per heavy atom. The quantitative estimate of drug-likeness (QED) is 0.565. The number of carbonyl (C=O) groups is 2. The molecule has 176 valence electrons. The Morgan fingerprint density at radius 3 is 2.44 bits per heavy atom. The summed E-state index contributed by atoms with van der Waals surface area (Å²) in [5, 5.41) is 6.23. The second-order valence-electron chi connectivity index (χ2n) is 8.78. The Labute approximate surface area is 204 Å². The fourth-order valence-corrected chi connectivity index (χ4v) is 5.35. The number of amides is 2. The number of aromatic nitrogens is 1. The van der Waals surface area contributed by atoms with Crippen LogP contribution in [-0.4, -0.2) is 65.9 Å². The van der Waals surface area contributed by atoms with Gasteiger partial charge in [-0.15, -0.1) is 11.3 Å². The van der Waals surface area contributed by atoms with E-state index < -0.39 is 0 Å². The average Bonchev–Trinajstić information content (AvgIpc) is 3.50. The van der Waals surface area contributed by atoms with Crippen molar-refractivity contribution in [2.45, 2.75) is 19.4 Å². The van der Waals surface area contributed by atoms with Crippen LogP contribution in [0.4, 0.5) is 11.4 Å². The number of hydrogen-bond donors (Lipinski definition) is 1. The van der Waals surface area contributed by atoms with Crippen molar-refractivity contribution >= 4 is 34.5 Å². The van der Waals surface area contributed by atoms with Gasteiger partial charge in [-0.25, -0.2) is 4.98 Å². The van der Waals surface area contributed by atoms with Crippen LogP contribution in [0.25, 0.3) is 10.6 Å². The first-order chi connectivity index (χ1) is 16.7. The zero-order valence-corrected chi connectivity index (χ0v) is 20.0. The molecule has 0 saturated carbocycles. The fourth-order valence-electron chi connectivity index (χ4n) is 4.54. The third-order valence-electron chi connectivity index (χ3n) is 6.33. The maximum Gasteiger partial charge on any atom is 0.238 e. The highest BCUT2D eigenvalue weighted by molar-refractivity contribution is 7.13. The van der Waals surface area contributed by atoms with Gasteiger partial charge in [-0.3, -0.25) is 19.4 Å². The molecule has 0 unspecified atom stereocenters. The molecule has 0 spiro atoms. The number of piperazine rings is 1. The largest absolute Gasteiger partial charge is 0.323 e. The third kappa shape index (κ3) is 5.35. The molecule has 2 fully saturated rings. The lowest BCUT2D eigenvalue weighted by atomic mass is 10.2. The first-order valence-corrected chi connectivity index (χ1v) is 12.7. The fraction of sp³-hybridized carbons (Fsp3) is 0.346. The predicted octanol–water partition coefficient (Wildman–Crippen LogP) is 3.69. The Bertz CT molecular complexity index is 1140. The zero-order chi connectivity index (χ0) is 23.3. The molecule has 0 radical (unpaired) electrons. The van der Waals surface area contributed by atoms with Crippen LogP contribution < -0.4 is 10.2 Å². The van der Waals surface area contributed by atoms with Gasteiger partial charge in [-0.05, 0) is 18.6 Å². The predicted molar refractivity (Wildman–Crippen MR) is 136 cm³/mol. The van der Waals surface area contributed by atoms with Crippen molar-refractivity contribution in [1.82, 2.24) is 14.8 Å². The van der Waals surface area contributed by atoms with E-state index in [-0.39, 0.29) is 11.8 Å². The second-order valence-corrected chi connectivity index (χ2v) is 9.63. The Morgan fingerprint density at radius 1 is 0.941 bits per heavy atom. The summed E-state index contributed by atoms with van der Waals surface area (Å²) in [7, 11) is 0. The van der Waals surface area contributed by atoms with Crippen LogP contribution in [-0.2, 0) is 16.1 Å². The zero-order valence-electron chi connectivity index (χ0n) is 19.2. The highest BCUT2D eigenvalue weighted by Crippen LogP contribution is 2.29. The van der Waals surface area contributed by atoms with Crippen molar-refractivity contribution < 1.29 is 9.59 Å². The monoisotopic (exact) mass is 475 g/mol. The molecule has 1 aromatic heterocycles. The van der Waals surface area contributed by atoms with Gasteiger partial charge in [-0.1, -0.05) is 42.5 Å². The topological polar surface area (TPSA) is 68.8 Å². The molecule has 34 heavy (non-hydrogen) atoms. The molecule has 0 bridgehead atoms. The van der Waals surface area contributed by atoms with Crippen molar-refractivity contribution in [3.8, 4) is 10.6 Å². The molecule has 2 amide bonds. The second kappa shape index (κ2) is 10.5. The van der Waals surface area contributed by atoms with E-state index in [1.165, 1.54) is 0 Å². The number of rotatable bonds is 7. The van der Waals surface area contributed by atoms with Gasteiger partial charge in [-0.2, -0.15) is 0 Å². The van der Waals surface area contributed by atoms with Gasteiger partial charge in [0.05, 0.1) is 23.6 Å². The smallest absolute Gasteiger partial charge is 0.238 e. The minimum atomic E-state index is -0.0421. The van der Waals surface area contributed by atoms with E-state index in [0.717, 1.165) is 61.1 Å². The molecule has 3 aromatic rings. The number of carbonyl (C=O) groups excluding carboxylic acids is 2. The molecule has 0 atom stereocenters. The molecule has 5 rings (SSSR count). The number of hydrogen-bond acceptors (Lipinski definition) is 6. The summed E-state index contributed by atoms with van der Waals surface area (Å²) >= 11 is 1.69. The normalized spacial score (nSPS) is 17.3. The SMILES string of the molecule is O=C(CN1CCN(Cc2csc(-c3ccccc3)n2)CC1)Nc1ccccc1N1CCCC1=O. The molecule has 2 aliphatic heterocycles. The third-order valence-corrected chi connectivity index (χ3v) is 7.27. The molecule has 2 aliphatic rings. The summed E-state index contributed by atoms with van der Waals surface area (Å²) in [5.74, 6) is 0.0772. The molecule has 2 aromatic carbocycles. The van der Waals surface area contributed by atoms with Crippen LogP contribution >= 0.6 is 11.3 Å². The van der Waals surface area contributed by atoms with E-state index in [1.54, 1.807) is 16.2 Å². The highest BCUT2D eigenvalue weighted by atomic mass is 32.1. The van der Waals surface area contributed by atoms with Crippen LogP contribution in [0.15, 0.2) is 60.0 Å². The van der Waals surface area contributed by atoms with E-state index in [9.17, 15) is 9.59 Å². The lowest BCUT2D eigenvalue weighted by Crippen LogP contribution is -2.48. The lowest BCUT2D eigenvalue weighted by Gasteiger charge is -2.34. The summed E-state index contributed by atoms with van der Waals surface area (Å²) in [6.45, 7) is 5.39. The summed E-state index contributed by atoms with van der Waals surface area (Å²) < 4.78 is 0. The average molecular weight is 476 g/mol. The molecule has 3 heterocycles. The lowest BCUT2D eigenvalue weighted by molar-refractivity contribution is -0.118. The van der Waals surface area contributed by atoms with Crippen LogP contribution in [0.1, 0.15) is 18.5 Å². The van der Waals surface area contributed by atoms with Crippen molar-refractivity contribution in [2.75, 3.05) is 49.5 Å². The number of benzene rings is 2. The minimum absolute atomic E-state index is 0.0421. The standard InChI is InChI=1S/C26H29N5O2S/c32-24(28-22-9-4-5-10-23(22)31-12-6-11-25(31)33)18-30-15-13-29(14-16-30)17-21-19-34-26(27-21)20-7-2-1-3-8-20/h1-5,7-10,19H,6,11-18H2,(H,28,32). The molecule has 8 heteroatoms. The van der Waals surface area contributed by atoms with E-state index in [4.69, 9.17) is 4.98 Å². The van der Waals surface area contributed by atoms with E-state index in [0.29, 0.717) is 25.2 Å². The van der Waals surface area contributed by atoms with Gasteiger partial charge in [0.1, 0.15) is 5.01 Å². The molecule has 7 nitrogen and oxygen atoms in total. The Kier molecular flexibility index (Phi) is 6.99. The van der Waals surface area contributed by atoms with E-state index in [2.05, 4.69) is 32.6 Å². The molecule has 2 saturated heterocycles. The van der Waals surface area contributed by atoms with Crippen LogP contribution in [0, 0.1) is 0 Å². The molecular formula is C26H29N5O2S. The first-order valence-electron chi connectivity index (χ1n) is 11.8. The van der Waals surface area contributed by atoms with E-state index in [1.807, 2.05) is 42.5 Å². The van der Waals surface area contributed by atoms with Crippen LogP contribution in [0.5, 0.6) is 0 Å². The van der Waals surface area contributed by atoms with Gasteiger partial charge in [0, 0.05) is 56.6 Å². The summed E-state index contributed by atoms with van der Waals surface area (Å²) in [6, 6.07) is 17.8. The summed E-state index contributed by atoms with van der Waals surface area (Å²) in [5.41, 5.74) is 3.76. The first kappa shape index (κ1) is 22.7. The molecule has 1 N–H and O–H groups in total. The van der Waals surface area contributed by atoms with Gasteiger partial charge >= 0.3 is 0 Å². The van der Waals surface area contributed by atoms with Gasteiger partial charge in [0.15, 0.2) is 0 Å². The maximum absolute atomic E-state index is 12.8.